The fourth-order valence-electron chi connectivity index (χ4n) is 13.4. The fraction of sp³-hybridized carbons (Fsp3) is 0. The van der Waals surface area contributed by atoms with Crippen molar-refractivity contribution in [2.75, 3.05) is 9.80 Å². The molecule has 330 valence electrons. The van der Waals surface area contributed by atoms with Crippen molar-refractivity contribution in [3.63, 3.8) is 0 Å². The lowest BCUT2D eigenvalue weighted by atomic mass is 9.33. The van der Waals surface area contributed by atoms with Gasteiger partial charge in [-0.3, -0.25) is 0 Å². The molecular weight excluding hydrogens is 870 g/mol. The molecule has 0 aliphatic carbocycles. The Morgan fingerprint density at radius 1 is 0.278 bits per heavy atom. The quantitative estimate of drug-likeness (QED) is 0.129. The minimum atomic E-state index is -0.0825. The zero-order valence-electron chi connectivity index (χ0n) is 39.0. The molecule has 2 aliphatic heterocycles. The van der Waals surface area contributed by atoms with E-state index in [9.17, 15) is 0 Å². The summed E-state index contributed by atoms with van der Waals surface area (Å²) < 4.78 is 2.44. The van der Waals surface area contributed by atoms with Crippen molar-refractivity contribution >= 4 is 144 Å². The highest BCUT2D eigenvalue weighted by Crippen LogP contribution is 2.52. The number of nitrogens with zero attached hydrogens (tertiary/aromatic N) is 3. The number of aromatic nitrogens is 1. The molecule has 0 saturated carbocycles. The van der Waals surface area contributed by atoms with Gasteiger partial charge in [-0.1, -0.05) is 182 Å². The topological polar surface area (TPSA) is 11.4 Å². The van der Waals surface area contributed by atoms with Crippen LogP contribution in [-0.2, 0) is 0 Å². The highest BCUT2D eigenvalue weighted by Gasteiger charge is 2.45. The van der Waals surface area contributed by atoms with Gasteiger partial charge < -0.3 is 14.4 Å². The molecule has 3 nitrogen and oxygen atoms in total. The van der Waals surface area contributed by atoms with Gasteiger partial charge in [-0.15, -0.1) is 0 Å². The average molecular weight is 910 g/mol. The van der Waals surface area contributed by atoms with Crippen LogP contribution in [0, 0.1) is 0 Å². The smallest absolute Gasteiger partial charge is 0.252 e. The largest absolute Gasteiger partial charge is 0.311 e. The molecule has 15 aromatic rings. The first-order valence-corrected chi connectivity index (χ1v) is 25.1. The van der Waals surface area contributed by atoms with Crippen LogP contribution in [0.1, 0.15) is 0 Å². The van der Waals surface area contributed by atoms with E-state index in [4.69, 9.17) is 0 Å². The van der Waals surface area contributed by atoms with E-state index in [2.05, 4.69) is 257 Å². The number of anilines is 6. The summed E-state index contributed by atoms with van der Waals surface area (Å²) in [7, 11) is 0. The number of hydrogen-bond acceptors (Lipinski definition) is 2. The first-order valence-electron chi connectivity index (χ1n) is 25.1. The Bertz CT molecular complexity index is 4500. The summed E-state index contributed by atoms with van der Waals surface area (Å²) in [5.74, 6) is 0. The zero-order chi connectivity index (χ0) is 46.8. The molecule has 4 heteroatoms. The van der Waals surface area contributed by atoms with E-state index in [1.54, 1.807) is 0 Å². The molecule has 0 unspecified atom stereocenters. The molecule has 1 aromatic heterocycles. The lowest BCUT2D eigenvalue weighted by Gasteiger charge is -2.45. The molecule has 72 heavy (non-hydrogen) atoms. The molecule has 0 fully saturated rings. The molecule has 0 atom stereocenters. The van der Waals surface area contributed by atoms with E-state index in [0.29, 0.717) is 0 Å². The van der Waals surface area contributed by atoms with Crippen LogP contribution in [0.4, 0.5) is 34.1 Å². The van der Waals surface area contributed by atoms with E-state index >= 15 is 0 Å². The Hall–Kier alpha value is -9.38. The first kappa shape index (κ1) is 38.5. The van der Waals surface area contributed by atoms with E-state index < -0.39 is 0 Å². The van der Waals surface area contributed by atoms with Crippen LogP contribution in [0.5, 0.6) is 0 Å². The summed E-state index contributed by atoms with van der Waals surface area (Å²) in [5.41, 5.74) is 17.0. The summed E-state index contributed by atoms with van der Waals surface area (Å²) in [4.78, 5) is 5.22. The van der Waals surface area contributed by atoms with Crippen LogP contribution >= 0.6 is 0 Å². The first-order chi connectivity index (χ1) is 35.7. The van der Waals surface area contributed by atoms with Crippen LogP contribution in [0.3, 0.4) is 0 Å². The van der Waals surface area contributed by atoms with Crippen molar-refractivity contribution in [3.8, 4) is 16.8 Å². The molecule has 0 saturated heterocycles. The standard InChI is InChI=1S/C68H40BN3/c1-4-18-49(19-5-1)70-58-25-11-10-24-52(58)53-33-32-45(38-59(53)70)48-39-60-66-61(40-48)72(51-22-8-3-9-23-51)68-55-35-31-44-17-13-15-42-27-29-47(65(55)63(42)44)37-57(68)69(66)56-36-46-28-26-41-14-12-16-43-30-34-54(64(46)62(41)43)67(56)71(60)50-20-6-2-7-21-50/h1-40H. The summed E-state index contributed by atoms with van der Waals surface area (Å²) in [6.45, 7) is -0.0825. The van der Waals surface area contributed by atoms with Gasteiger partial charge in [-0.05, 0) is 142 Å². The second-order valence-electron chi connectivity index (χ2n) is 20.0. The number of fused-ring (bicyclic) bond motifs is 9. The Kier molecular flexibility index (Phi) is 7.55. The summed E-state index contributed by atoms with van der Waals surface area (Å²) in [6, 6.07) is 91.5. The Balaban J connectivity index is 1.05. The van der Waals surface area contributed by atoms with Crippen molar-refractivity contribution in [1.29, 1.82) is 0 Å². The third kappa shape index (κ3) is 5.05. The number of rotatable bonds is 4. The maximum atomic E-state index is 2.61. The Labute approximate surface area is 415 Å². The van der Waals surface area contributed by atoms with Gasteiger partial charge in [0.1, 0.15) is 0 Å². The van der Waals surface area contributed by atoms with Crippen LogP contribution < -0.4 is 26.2 Å². The van der Waals surface area contributed by atoms with Crippen molar-refractivity contribution in [2.24, 2.45) is 0 Å². The lowest BCUT2D eigenvalue weighted by Crippen LogP contribution is -2.61. The fourth-order valence-corrected chi connectivity index (χ4v) is 13.4. The highest BCUT2D eigenvalue weighted by molar-refractivity contribution is 7.01. The molecule has 14 aromatic carbocycles. The summed E-state index contributed by atoms with van der Waals surface area (Å²) in [6.07, 6.45) is 0. The molecule has 0 radical (unpaired) electrons. The number of benzene rings is 14. The third-order valence-corrected chi connectivity index (χ3v) is 16.3. The summed E-state index contributed by atoms with van der Waals surface area (Å²) >= 11 is 0. The molecule has 0 spiro atoms. The second-order valence-corrected chi connectivity index (χ2v) is 20.0. The molecule has 3 heterocycles. The SMILES string of the molecule is c1ccc(N2c3cc(-c4ccc5c6ccccc6n(-c6ccccc6)c5c4)cc4c3B(c3cc5ccc6cccc7ccc(c32)c5c67)c2cc3ccc5cccc6ccc(c2N4c2ccccc2)c3c56)cc1. The molecule has 0 N–H and O–H groups in total. The number of para-hydroxylation sites is 4. The van der Waals surface area contributed by atoms with E-state index in [-0.39, 0.29) is 6.71 Å². The minimum Gasteiger partial charge on any atom is -0.311 e. The predicted molar refractivity (Wildman–Crippen MR) is 308 cm³/mol. The van der Waals surface area contributed by atoms with Gasteiger partial charge in [0, 0.05) is 61.4 Å². The van der Waals surface area contributed by atoms with Crippen LogP contribution in [-0.4, -0.2) is 11.3 Å². The molecule has 0 amide bonds. The predicted octanol–water partition coefficient (Wildman–Crippen LogP) is 16.3. The van der Waals surface area contributed by atoms with Crippen molar-refractivity contribution in [3.05, 3.63) is 243 Å². The van der Waals surface area contributed by atoms with Gasteiger partial charge in [-0.2, -0.15) is 0 Å². The lowest BCUT2D eigenvalue weighted by molar-refractivity contribution is 1.18. The highest BCUT2D eigenvalue weighted by atomic mass is 15.2. The maximum Gasteiger partial charge on any atom is 0.252 e. The van der Waals surface area contributed by atoms with E-state index in [1.807, 2.05) is 0 Å². The molecule has 2 aliphatic rings. The Morgan fingerprint density at radius 3 is 1.26 bits per heavy atom. The van der Waals surface area contributed by atoms with Gasteiger partial charge in [-0.25, -0.2) is 0 Å². The second kappa shape index (κ2) is 14.1. The van der Waals surface area contributed by atoms with Gasteiger partial charge in [0.15, 0.2) is 0 Å². The van der Waals surface area contributed by atoms with Crippen molar-refractivity contribution < 1.29 is 0 Å². The van der Waals surface area contributed by atoms with Gasteiger partial charge in [0.25, 0.3) is 6.71 Å². The molecule has 17 rings (SSSR count). The van der Waals surface area contributed by atoms with Crippen molar-refractivity contribution in [1.82, 2.24) is 4.57 Å². The van der Waals surface area contributed by atoms with Crippen LogP contribution in [0.2, 0.25) is 0 Å². The summed E-state index contributed by atoms with van der Waals surface area (Å²) in [5, 5.41) is 18.0. The maximum absolute atomic E-state index is 2.61. The third-order valence-electron chi connectivity index (χ3n) is 16.3. The molecular formula is C68H40BN3. The zero-order valence-corrected chi connectivity index (χ0v) is 39.0. The van der Waals surface area contributed by atoms with E-state index in [1.165, 1.54) is 137 Å². The Morgan fingerprint density at radius 2 is 0.722 bits per heavy atom. The van der Waals surface area contributed by atoms with Crippen LogP contribution in [0.25, 0.3) is 103 Å². The van der Waals surface area contributed by atoms with Crippen LogP contribution in [0.15, 0.2) is 243 Å². The molecule has 0 bridgehead atoms. The monoisotopic (exact) mass is 909 g/mol. The van der Waals surface area contributed by atoms with E-state index in [0.717, 1.165) is 17.1 Å². The average Bonchev–Trinajstić information content (AvgIpc) is 3.78. The van der Waals surface area contributed by atoms with Crippen molar-refractivity contribution in [2.45, 2.75) is 0 Å². The normalized spacial score (nSPS) is 13.2. The van der Waals surface area contributed by atoms with Gasteiger partial charge in [0.05, 0.1) is 11.0 Å². The van der Waals surface area contributed by atoms with Gasteiger partial charge in [0.2, 0.25) is 0 Å². The van der Waals surface area contributed by atoms with Gasteiger partial charge >= 0.3 is 0 Å². The minimum absolute atomic E-state index is 0.0825. The number of hydrogen-bond donors (Lipinski definition) is 0.